The number of nitrogens with one attached hydrogen (secondary N) is 1. The number of benzene rings is 2. The summed E-state index contributed by atoms with van der Waals surface area (Å²) >= 11 is 1.29. The lowest BCUT2D eigenvalue weighted by Crippen LogP contribution is -2.27. The Bertz CT molecular complexity index is 1030. The van der Waals surface area contributed by atoms with Gasteiger partial charge in [0.1, 0.15) is 28.2 Å². The predicted molar refractivity (Wildman–Crippen MR) is 98.5 cm³/mol. The maximum atomic E-state index is 14.1. The molecule has 0 fully saturated rings. The molecule has 0 saturated carbocycles. The van der Waals surface area contributed by atoms with Gasteiger partial charge in [-0.2, -0.15) is 0 Å². The van der Waals surface area contributed by atoms with Crippen LogP contribution in [-0.2, 0) is 0 Å². The Kier molecular flexibility index (Phi) is 4.00. The van der Waals surface area contributed by atoms with Crippen molar-refractivity contribution in [3.8, 4) is 11.3 Å². The van der Waals surface area contributed by atoms with Gasteiger partial charge in [-0.05, 0) is 12.1 Å². The molecule has 1 aliphatic heterocycles. The van der Waals surface area contributed by atoms with Crippen molar-refractivity contribution in [2.45, 2.75) is 0 Å². The van der Waals surface area contributed by atoms with Crippen LogP contribution in [0.3, 0.4) is 0 Å². The number of amidine groups is 1. The number of halogens is 2. The molecule has 2 heterocycles. The maximum Gasteiger partial charge on any atom is 0.147 e. The molecule has 130 valence electrons. The van der Waals surface area contributed by atoms with Crippen LogP contribution in [0.5, 0.6) is 0 Å². The molecular weight excluding hydrogens is 356 g/mol. The summed E-state index contributed by atoms with van der Waals surface area (Å²) in [6.07, 6.45) is 0. The van der Waals surface area contributed by atoms with E-state index >= 15 is 0 Å². The summed E-state index contributed by atoms with van der Waals surface area (Å²) < 4.78 is 27.5. The lowest BCUT2D eigenvalue weighted by molar-refractivity contribution is 0.411. The van der Waals surface area contributed by atoms with Crippen LogP contribution in [0.2, 0.25) is 0 Å². The fourth-order valence-electron chi connectivity index (χ4n) is 2.83. The third kappa shape index (κ3) is 2.76. The van der Waals surface area contributed by atoms with Crippen molar-refractivity contribution in [1.29, 1.82) is 5.41 Å². The summed E-state index contributed by atoms with van der Waals surface area (Å²) in [4.78, 5) is 5.73. The van der Waals surface area contributed by atoms with Gasteiger partial charge in [-0.15, -0.1) is 11.3 Å². The highest BCUT2D eigenvalue weighted by Crippen LogP contribution is 2.35. The minimum atomic E-state index is -0.658. The topological polar surface area (TPSA) is 60.2 Å². The van der Waals surface area contributed by atoms with E-state index in [0.29, 0.717) is 5.01 Å². The number of thiazole rings is 1. The molecule has 7 heteroatoms. The molecule has 4 rings (SSSR count). The van der Waals surface area contributed by atoms with E-state index in [1.807, 2.05) is 35.7 Å². The largest absolute Gasteiger partial charge is 0.510 e. The number of aromatic nitrogens is 1. The predicted octanol–water partition coefficient (Wildman–Crippen LogP) is 4.85. The van der Waals surface area contributed by atoms with Gasteiger partial charge < -0.3 is 10.0 Å². The monoisotopic (exact) mass is 369 g/mol. The molecule has 0 unspecified atom stereocenters. The molecule has 0 radical (unpaired) electrons. The van der Waals surface area contributed by atoms with Gasteiger partial charge in [-0.3, -0.25) is 5.41 Å². The molecule has 2 N–H and O–H groups in total. The molecule has 0 spiro atoms. The average molecular weight is 369 g/mol. The van der Waals surface area contributed by atoms with Crippen molar-refractivity contribution in [2.75, 3.05) is 11.4 Å². The SMILES string of the molecule is N=C1C(c2nc(-c3ccccc3)cs2)=C(O)CN1c1cc(F)ccc1F. The van der Waals surface area contributed by atoms with Crippen molar-refractivity contribution in [3.63, 3.8) is 0 Å². The summed E-state index contributed by atoms with van der Waals surface area (Å²) in [6.45, 7) is -0.102. The van der Waals surface area contributed by atoms with E-state index in [-0.39, 0.29) is 29.4 Å². The third-order valence-electron chi connectivity index (χ3n) is 4.09. The van der Waals surface area contributed by atoms with Gasteiger partial charge in [0.15, 0.2) is 0 Å². The highest BCUT2D eigenvalue weighted by atomic mass is 32.1. The van der Waals surface area contributed by atoms with Gasteiger partial charge in [-0.1, -0.05) is 30.3 Å². The van der Waals surface area contributed by atoms with E-state index < -0.39 is 11.6 Å². The molecule has 0 bridgehead atoms. The molecule has 0 aliphatic carbocycles. The second-order valence-electron chi connectivity index (χ2n) is 5.76. The second kappa shape index (κ2) is 6.34. The van der Waals surface area contributed by atoms with E-state index in [2.05, 4.69) is 4.98 Å². The normalized spacial score (nSPS) is 14.4. The Balaban J connectivity index is 1.68. The molecule has 0 atom stereocenters. The first-order chi connectivity index (χ1) is 12.5. The summed E-state index contributed by atoms with van der Waals surface area (Å²) in [6, 6.07) is 12.6. The number of nitrogens with zero attached hydrogens (tertiary/aromatic N) is 2. The van der Waals surface area contributed by atoms with Crippen LogP contribution in [0.25, 0.3) is 16.8 Å². The van der Waals surface area contributed by atoms with Crippen molar-refractivity contribution in [1.82, 2.24) is 4.98 Å². The Morgan fingerprint density at radius 3 is 2.65 bits per heavy atom. The third-order valence-corrected chi connectivity index (χ3v) is 4.95. The van der Waals surface area contributed by atoms with Gasteiger partial charge in [0.05, 0.1) is 23.5 Å². The van der Waals surface area contributed by atoms with E-state index in [4.69, 9.17) is 5.41 Å². The van der Waals surface area contributed by atoms with Crippen LogP contribution in [-0.4, -0.2) is 22.5 Å². The molecule has 0 saturated heterocycles. The first-order valence-corrected chi connectivity index (χ1v) is 8.67. The van der Waals surface area contributed by atoms with Gasteiger partial charge in [0, 0.05) is 17.0 Å². The molecule has 0 amide bonds. The van der Waals surface area contributed by atoms with Crippen molar-refractivity contribution < 1.29 is 13.9 Å². The van der Waals surface area contributed by atoms with Gasteiger partial charge in [0.2, 0.25) is 0 Å². The first kappa shape index (κ1) is 16.4. The van der Waals surface area contributed by atoms with E-state index in [9.17, 15) is 13.9 Å². The van der Waals surface area contributed by atoms with Gasteiger partial charge in [-0.25, -0.2) is 13.8 Å². The maximum absolute atomic E-state index is 14.1. The summed E-state index contributed by atoms with van der Waals surface area (Å²) in [5, 5.41) is 21.0. The van der Waals surface area contributed by atoms with Crippen LogP contribution >= 0.6 is 11.3 Å². The number of aliphatic hydroxyl groups excluding tert-OH is 1. The fraction of sp³-hybridized carbons (Fsp3) is 0.0526. The number of rotatable bonds is 3. The Labute approximate surface area is 152 Å². The van der Waals surface area contributed by atoms with Crippen molar-refractivity contribution in [2.24, 2.45) is 0 Å². The average Bonchev–Trinajstić information content (AvgIpc) is 3.22. The highest BCUT2D eigenvalue weighted by Gasteiger charge is 2.32. The number of hydrogen-bond acceptors (Lipinski definition) is 4. The highest BCUT2D eigenvalue weighted by molar-refractivity contribution is 7.11. The Morgan fingerprint density at radius 1 is 1.12 bits per heavy atom. The van der Waals surface area contributed by atoms with E-state index in [1.165, 1.54) is 16.2 Å². The van der Waals surface area contributed by atoms with Crippen LogP contribution < -0.4 is 4.90 Å². The molecule has 2 aromatic carbocycles. The zero-order valence-electron chi connectivity index (χ0n) is 13.4. The van der Waals surface area contributed by atoms with E-state index in [1.54, 1.807) is 0 Å². The van der Waals surface area contributed by atoms with Gasteiger partial charge >= 0.3 is 0 Å². The summed E-state index contributed by atoms with van der Waals surface area (Å²) in [7, 11) is 0. The number of anilines is 1. The summed E-state index contributed by atoms with van der Waals surface area (Å²) in [5.74, 6) is -1.47. The van der Waals surface area contributed by atoms with E-state index in [0.717, 1.165) is 29.5 Å². The first-order valence-electron chi connectivity index (χ1n) is 7.79. The molecule has 1 aromatic heterocycles. The molecule has 26 heavy (non-hydrogen) atoms. The van der Waals surface area contributed by atoms with Crippen molar-refractivity contribution in [3.05, 3.63) is 76.3 Å². The smallest absolute Gasteiger partial charge is 0.147 e. The second-order valence-corrected chi connectivity index (χ2v) is 6.61. The van der Waals surface area contributed by atoms with Crippen molar-refractivity contribution >= 4 is 28.4 Å². The quantitative estimate of drug-likeness (QED) is 0.693. The lowest BCUT2D eigenvalue weighted by atomic mass is 10.2. The molecule has 1 aliphatic rings. The van der Waals surface area contributed by atoms with Crippen LogP contribution in [0, 0.1) is 17.0 Å². The lowest BCUT2D eigenvalue weighted by Gasteiger charge is -2.19. The Hall–Kier alpha value is -3.06. The molecule has 4 nitrogen and oxygen atoms in total. The zero-order valence-corrected chi connectivity index (χ0v) is 14.2. The number of hydrogen-bond donors (Lipinski definition) is 2. The minimum absolute atomic E-state index is 0.0867. The zero-order chi connectivity index (χ0) is 18.3. The van der Waals surface area contributed by atoms with Gasteiger partial charge in [0.25, 0.3) is 0 Å². The fourth-order valence-corrected chi connectivity index (χ4v) is 3.73. The van der Waals surface area contributed by atoms with Crippen LogP contribution in [0.15, 0.2) is 59.7 Å². The molecular formula is C19H13F2N3OS. The minimum Gasteiger partial charge on any atom is -0.510 e. The summed E-state index contributed by atoms with van der Waals surface area (Å²) in [5.41, 5.74) is 1.80. The van der Waals surface area contributed by atoms with Crippen LogP contribution in [0.1, 0.15) is 5.01 Å². The Morgan fingerprint density at radius 2 is 1.88 bits per heavy atom. The number of aliphatic hydroxyl groups is 1. The van der Waals surface area contributed by atoms with Crippen LogP contribution in [0.4, 0.5) is 14.5 Å². The standard InChI is InChI=1S/C19H13F2N3OS/c20-12-6-7-13(21)15(8-12)24-9-16(25)17(18(24)22)19-23-14(10-26-19)11-4-2-1-3-5-11/h1-8,10,22,25H,9H2. The molecule has 3 aromatic rings.